The molecule has 12 heteroatoms. The van der Waals surface area contributed by atoms with Crippen LogP contribution in [0.4, 0.5) is 17.6 Å². The molecule has 7 nitrogen and oxygen atoms in total. The summed E-state index contributed by atoms with van der Waals surface area (Å²) in [7, 11) is 0. The van der Waals surface area contributed by atoms with E-state index < -0.39 is 29.5 Å². The second-order valence-corrected chi connectivity index (χ2v) is 11.7. The molecule has 0 radical (unpaired) electrons. The minimum atomic E-state index is -4.52. The van der Waals surface area contributed by atoms with Crippen molar-refractivity contribution in [3.05, 3.63) is 118 Å². The largest absolute Gasteiger partial charge is 0.507 e. The molecule has 0 fully saturated rings. The first-order chi connectivity index (χ1) is 22.3. The molecule has 0 aliphatic carbocycles. The number of phenolic OH excluding ortho intramolecular Hbond substituents is 1. The number of carbonyl (C=O) groups is 1. The lowest BCUT2D eigenvalue weighted by atomic mass is 9.97. The summed E-state index contributed by atoms with van der Waals surface area (Å²) >= 11 is 5.95. The van der Waals surface area contributed by atoms with Gasteiger partial charge in [0.1, 0.15) is 17.3 Å². The Labute approximate surface area is 273 Å². The van der Waals surface area contributed by atoms with Gasteiger partial charge in [0, 0.05) is 24.1 Å². The number of amides is 1. The van der Waals surface area contributed by atoms with E-state index in [1.807, 2.05) is 24.3 Å². The number of benzene rings is 4. The summed E-state index contributed by atoms with van der Waals surface area (Å²) in [4.78, 5) is 18.0. The van der Waals surface area contributed by atoms with E-state index >= 15 is 0 Å². The van der Waals surface area contributed by atoms with Gasteiger partial charge in [-0.15, -0.1) is 0 Å². The van der Waals surface area contributed by atoms with Crippen LogP contribution >= 0.6 is 11.6 Å². The van der Waals surface area contributed by atoms with Crippen molar-refractivity contribution >= 4 is 17.5 Å². The number of nitrogens with zero attached hydrogens (tertiary/aromatic N) is 2. The van der Waals surface area contributed by atoms with Crippen LogP contribution in [0.25, 0.3) is 22.3 Å². The maximum Gasteiger partial charge on any atom is 0.416 e. The van der Waals surface area contributed by atoms with E-state index in [0.717, 1.165) is 28.8 Å². The molecule has 0 aliphatic rings. The molecular formula is C35H30ClF4N3O4. The first-order valence-corrected chi connectivity index (χ1v) is 15.0. The molecule has 5 aromatic rings. The van der Waals surface area contributed by atoms with Crippen LogP contribution < -0.4 is 10.1 Å². The van der Waals surface area contributed by atoms with Crippen molar-refractivity contribution < 1.29 is 36.7 Å². The number of hydrogen-bond donors (Lipinski definition) is 2. The topological polar surface area (TPSA) is 97.5 Å². The molecule has 0 saturated carbocycles. The number of hydrogen-bond acceptors (Lipinski definition) is 6. The van der Waals surface area contributed by atoms with Crippen molar-refractivity contribution in [2.75, 3.05) is 0 Å². The average Bonchev–Trinajstić information content (AvgIpc) is 3.42. The van der Waals surface area contributed by atoms with Crippen LogP contribution in [0.15, 0.2) is 83.4 Å². The van der Waals surface area contributed by atoms with Crippen LogP contribution in [0.3, 0.4) is 0 Å². The molecule has 0 spiro atoms. The molecule has 4 aromatic carbocycles. The number of phenols is 1. The van der Waals surface area contributed by atoms with Crippen LogP contribution in [-0.4, -0.2) is 33.3 Å². The lowest BCUT2D eigenvalue weighted by Gasteiger charge is -2.20. The lowest BCUT2D eigenvalue weighted by Crippen LogP contribution is -2.38. The minimum absolute atomic E-state index is 0.0118. The summed E-state index contributed by atoms with van der Waals surface area (Å²) in [5.41, 5.74) is 2.16. The highest BCUT2D eigenvalue weighted by Gasteiger charge is 2.30. The number of halogens is 5. The second-order valence-electron chi connectivity index (χ2n) is 11.2. The van der Waals surface area contributed by atoms with Gasteiger partial charge in [0.15, 0.2) is 5.82 Å². The average molecular weight is 668 g/mol. The number of carbonyl (C=O) groups excluding carboxylic acids is 1. The first kappa shape index (κ1) is 33.5. The van der Waals surface area contributed by atoms with E-state index in [0.29, 0.717) is 29.3 Å². The third-order valence-electron chi connectivity index (χ3n) is 7.24. The van der Waals surface area contributed by atoms with Crippen molar-refractivity contribution in [1.29, 1.82) is 0 Å². The second kappa shape index (κ2) is 13.8. The predicted molar refractivity (Wildman–Crippen MR) is 169 cm³/mol. The number of aromatic hydroxyl groups is 1. The first-order valence-electron chi connectivity index (χ1n) is 14.6. The van der Waals surface area contributed by atoms with E-state index in [-0.39, 0.29) is 34.6 Å². The smallest absolute Gasteiger partial charge is 0.416 e. The van der Waals surface area contributed by atoms with Crippen LogP contribution in [0.5, 0.6) is 11.5 Å². The number of aromatic nitrogens is 2. The van der Waals surface area contributed by atoms with Gasteiger partial charge in [0.05, 0.1) is 22.3 Å². The molecule has 244 valence electrons. The summed E-state index contributed by atoms with van der Waals surface area (Å²) in [5, 5.41) is 17.7. The van der Waals surface area contributed by atoms with Crippen molar-refractivity contribution in [2.45, 2.75) is 51.9 Å². The van der Waals surface area contributed by atoms with E-state index in [1.165, 1.54) is 36.4 Å². The molecule has 1 atom stereocenters. The van der Waals surface area contributed by atoms with Crippen LogP contribution in [0.1, 0.15) is 47.0 Å². The Balaban J connectivity index is 1.43. The van der Waals surface area contributed by atoms with Gasteiger partial charge in [-0.2, -0.15) is 18.2 Å². The van der Waals surface area contributed by atoms with Crippen LogP contribution in [0, 0.1) is 12.7 Å². The van der Waals surface area contributed by atoms with Gasteiger partial charge in [-0.1, -0.05) is 59.2 Å². The number of rotatable bonds is 10. The molecule has 2 N–H and O–H groups in total. The summed E-state index contributed by atoms with van der Waals surface area (Å²) in [5.74, 6) is -0.600. The normalized spacial score (nSPS) is 12.3. The number of ether oxygens (including phenoxy) is 1. The van der Waals surface area contributed by atoms with Crippen LogP contribution in [-0.2, 0) is 19.0 Å². The fraction of sp³-hybridized carbons (Fsp3) is 0.229. The Hall–Kier alpha value is -4.90. The highest BCUT2D eigenvalue weighted by atomic mass is 35.5. The van der Waals surface area contributed by atoms with E-state index in [2.05, 4.69) is 15.5 Å². The summed E-state index contributed by atoms with van der Waals surface area (Å²) < 4.78 is 64.4. The molecular weight excluding hydrogens is 638 g/mol. The van der Waals surface area contributed by atoms with Gasteiger partial charge in [-0.05, 0) is 79.8 Å². The Bertz CT molecular complexity index is 1870. The molecule has 0 aliphatic heterocycles. The quantitative estimate of drug-likeness (QED) is 0.145. The number of nitrogens with one attached hydrogen (secondary N) is 1. The number of aryl methyl sites for hydroxylation is 1. The zero-order valence-electron chi connectivity index (χ0n) is 25.5. The molecule has 5 rings (SSSR count). The zero-order chi connectivity index (χ0) is 33.9. The maximum absolute atomic E-state index is 13.7. The fourth-order valence-electron chi connectivity index (χ4n) is 5.03. The molecule has 0 saturated heterocycles. The zero-order valence-corrected chi connectivity index (χ0v) is 26.3. The Morgan fingerprint density at radius 3 is 2.21 bits per heavy atom. The summed E-state index contributed by atoms with van der Waals surface area (Å²) in [6, 6.07) is 18.4. The summed E-state index contributed by atoms with van der Waals surface area (Å²) in [6.45, 7) is 5.20. The van der Waals surface area contributed by atoms with E-state index in [1.54, 1.807) is 26.8 Å². The lowest BCUT2D eigenvalue weighted by molar-refractivity contribution is -0.137. The third-order valence-corrected chi connectivity index (χ3v) is 7.53. The molecule has 1 heterocycles. The van der Waals surface area contributed by atoms with Crippen molar-refractivity contribution in [2.24, 2.45) is 0 Å². The third kappa shape index (κ3) is 8.28. The highest BCUT2D eigenvalue weighted by molar-refractivity contribution is 6.31. The Morgan fingerprint density at radius 2 is 1.62 bits per heavy atom. The molecule has 1 unspecified atom stereocenters. The monoisotopic (exact) mass is 667 g/mol. The predicted octanol–water partition coefficient (Wildman–Crippen LogP) is 8.60. The number of alkyl halides is 3. The molecule has 1 aromatic heterocycles. The van der Waals surface area contributed by atoms with E-state index in [4.69, 9.17) is 20.9 Å². The fourth-order valence-corrected chi connectivity index (χ4v) is 5.21. The maximum atomic E-state index is 13.7. The van der Waals surface area contributed by atoms with Crippen molar-refractivity contribution in [3.8, 4) is 33.8 Å². The summed E-state index contributed by atoms with van der Waals surface area (Å²) in [6.07, 6.45) is -4.34. The van der Waals surface area contributed by atoms with Gasteiger partial charge in [0.25, 0.3) is 5.91 Å². The standard InChI is InChI=1S/C35H30ClF4N3O4/c1-19(2)46-32-18-31(44)28(17-27(32)23-8-11-25(12-9-23)35(38,39)40)34(45)42-26(16-33-41-20(3)43-47-33)14-21-4-6-22(7-5-21)24-10-13-30(37)29(36)15-24/h4-13,15,17-19,26,44H,14,16H2,1-3H3,(H,42,45). The van der Waals surface area contributed by atoms with E-state index in [9.17, 15) is 27.5 Å². The van der Waals surface area contributed by atoms with Crippen molar-refractivity contribution in [1.82, 2.24) is 15.5 Å². The molecule has 47 heavy (non-hydrogen) atoms. The molecule has 1 amide bonds. The van der Waals surface area contributed by atoms with Crippen LogP contribution in [0.2, 0.25) is 5.02 Å². The van der Waals surface area contributed by atoms with Gasteiger partial charge in [-0.3, -0.25) is 4.79 Å². The van der Waals surface area contributed by atoms with Gasteiger partial charge in [0.2, 0.25) is 5.89 Å². The van der Waals surface area contributed by atoms with Crippen molar-refractivity contribution in [3.63, 3.8) is 0 Å². The minimum Gasteiger partial charge on any atom is -0.507 e. The van der Waals surface area contributed by atoms with Gasteiger partial charge < -0.3 is 19.7 Å². The molecule has 0 bridgehead atoms. The van der Waals surface area contributed by atoms with Gasteiger partial charge in [-0.25, -0.2) is 4.39 Å². The highest BCUT2D eigenvalue weighted by Crippen LogP contribution is 2.38. The Morgan fingerprint density at radius 1 is 0.957 bits per heavy atom. The SMILES string of the molecule is Cc1noc(CC(Cc2ccc(-c3ccc(F)c(Cl)c3)cc2)NC(=O)c2cc(-c3ccc(C(F)(F)F)cc3)c(OC(C)C)cc2O)n1. The Kier molecular flexibility index (Phi) is 9.85. The van der Waals surface area contributed by atoms with Gasteiger partial charge >= 0.3 is 6.18 Å².